The van der Waals surface area contributed by atoms with Crippen molar-refractivity contribution in [3.05, 3.63) is 65.0 Å². The summed E-state index contributed by atoms with van der Waals surface area (Å²) in [7, 11) is 0. The first-order valence-electron chi connectivity index (χ1n) is 5.93. The average molecular weight is 321 g/mol. The maximum atomic E-state index is 13.2. The first kappa shape index (κ1) is 16.2. The highest BCUT2D eigenvalue weighted by Crippen LogP contribution is 2.27. The molecule has 0 saturated heterocycles. The van der Waals surface area contributed by atoms with Gasteiger partial charge in [-0.1, -0.05) is 12.1 Å². The van der Waals surface area contributed by atoms with Gasteiger partial charge in [-0.3, -0.25) is 0 Å². The Bertz CT molecular complexity index is 645. The summed E-state index contributed by atoms with van der Waals surface area (Å²) in [6, 6.07) is 4.87. The Morgan fingerprint density at radius 3 is 1.82 bits per heavy atom. The van der Waals surface area contributed by atoms with E-state index in [4.69, 9.17) is 5.73 Å². The summed E-state index contributed by atoms with van der Waals surface area (Å²) in [5, 5.41) is 0. The van der Waals surface area contributed by atoms with Gasteiger partial charge < -0.3 is 10.5 Å². The van der Waals surface area contributed by atoms with Crippen molar-refractivity contribution in [1.29, 1.82) is 0 Å². The Balaban J connectivity index is 2.25. The van der Waals surface area contributed by atoms with Crippen molar-refractivity contribution >= 4 is 0 Å². The number of hydrogen-bond donors (Lipinski definition) is 1. The van der Waals surface area contributed by atoms with Gasteiger partial charge in [0.05, 0.1) is 6.04 Å². The van der Waals surface area contributed by atoms with Crippen molar-refractivity contribution in [2.24, 2.45) is 5.73 Å². The molecule has 2 N–H and O–H groups in total. The van der Waals surface area contributed by atoms with Crippen LogP contribution >= 0.6 is 0 Å². The lowest BCUT2D eigenvalue weighted by molar-refractivity contribution is -0.274. The lowest BCUT2D eigenvalue weighted by atomic mass is 9.99. The fraction of sp³-hybridized carbons (Fsp3) is 0.143. The van der Waals surface area contributed by atoms with Crippen LogP contribution in [0.15, 0.2) is 36.4 Å². The fourth-order valence-electron chi connectivity index (χ4n) is 1.82. The molecular formula is C14H9F6NO. The standard InChI is InChI=1S/C14H9F6NO/c15-10-5-8(6-11(16)12(10)17)13(21)7-1-3-9(4-2-7)22-14(18,19)20/h1-6,13H,21H2/t13-/m0/s1. The summed E-state index contributed by atoms with van der Waals surface area (Å²) in [6.07, 6.45) is -4.83. The van der Waals surface area contributed by atoms with Crippen LogP contribution in [0.1, 0.15) is 17.2 Å². The molecule has 2 rings (SSSR count). The molecular weight excluding hydrogens is 312 g/mol. The van der Waals surface area contributed by atoms with Crippen molar-refractivity contribution < 1.29 is 31.1 Å². The van der Waals surface area contributed by atoms with Crippen LogP contribution in [0.3, 0.4) is 0 Å². The van der Waals surface area contributed by atoms with Crippen LogP contribution in [0.5, 0.6) is 5.75 Å². The third-order valence-electron chi connectivity index (χ3n) is 2.84. The number of alkyl halides is 3. The normalized spacial score (nSPS) is 13.0. The number of halogens is 6. The van der Waals surface area contributed by atoms with Crippen molar-refractivity contribution in [3.63, 3.8) is 0 Å². The smallest absolute Gasteiger partial charge is 0.406 e. The van der Waals surface area contributed by atoms with E-state index in [1.165, 1.54) is 12.1 Å². The SMILES string of the molecule is N[C@@H](c1ccc(OC(F)(F)F)cc1)c1cc(F)c(F)c(F)c1. The quantitative estimate of drug-likeness (QED) is 0.684. The van der Waals surface area contributed by atoms with E-state index < -0.39 is 35.6 Å². The van der Waals surface area contributed by atoms with Gasteiger partial charge in [-0.05, 0) is 35.4 Å². The zero-order chi connectivity index (χ0) is 16.5. The van der Waals surface area contributed by atoms with Crippen molar-refractivity contribution in [2.45, 2.75) is 12.4 Å². The molecule has 0 heterocycles. The van der Waals surface area contributed by atoms with Crippen LogP contribution in [0.4, 0.5) is 26.3 Å². The van der Waals surface area contributed by atoms with Crippen LogP contribution in [0.25, 0.3) is 0 Å². The Morgan fingerprint density at radius 1 is 0.864 bits per heavy atom. The minimum Gasteiger partial charge on any atom is -0.406 e. The number of benzene rings is 2. The number of ether oxygens (including phenoxy) is 1. The highest BCUT2D eigenvalue weighted by Gasteiger charge is 2.31. The number of rotatable bonds is 3. The third kappa shape index (κ3) is 3.70. The van der Waals surface area contributed by atoms with E-state index in [-0.39, 0.29) is 11.1 Å². The molecule has 0 amide bonds. The van der Waals surface area contributed by atoms with E-state index in [0.717, 1.165) is 24.3 Å². The van der Waals surface area contributed by atoms with Crippen LogP contribution < -0.4 is 10.5 Å². The molecule has 8 heteroatoms. The molecule has 0 bridgehead atoms. The van der Waals surface area contributed by atoms with Crippen molar-refractivity contribution in [3.8, 4) is 5.75 Å². The maximum Gasteiger partial charge on any atom is 0.573 e. The largest absolute Gasteiger partial charge is 0.573 e. The first-order chi connectivity index (χ1) is 10.2. The van der Waals surface area contributed by atoms with Gasteiger partial charge in [-0.2, -0.15) is 0 Å². The summed E-state index contributed by atoms with van der Waals surface area (Å²) in [6.45, 7) is 0. The monoisotopic (exact) mass is 321 g/mol. The van der Waals surface area contributed by atoms with Gasteiger partial charge in [0.1, 0.15) is 5.75 Å². The van der Waals surface area contributed by atoms with Crippen LogP contribution in [-0.2, 0) is 0 Å². The zero-order valence-electron chi connectivity index (χ0n) is 10.8. The topological polar surface area (TPSA) is 35.2 Å². The molecule has 0 saturated carbocycles. The second-order valence-corrected chi connectivity index (χ2v) is 4.39. The molecule has 22 heavy (non-hydrogen) atoms. The first-order valence-corrected chi connectivity index (χ1v) is 5.93. The van der Waals surface area contributed by atoms with E-state index in [1.807, 2.05) is 0 Å². The molecule has 0 aromatic heterocycles. The Kier molecular flexibility index (Phi) is 4.32. The van der Waals surface area contributed by atoms with Gasteiger partial charge in [-0.15, -0.1) is 13.2 Å². The van der Waals surface area contributed by atoms with E-state index in [0.29, 0.717) is 0 Å². The van der Waals surface area contributed by atoms with Crippen molar-refractivity contribution in [1.82, 2.24) is 0 Å². The van der Waals surface area contributed by atoms with E-state index in [2.05, 4.69) is 4.74 Å². The molecule has 0 aliphatic carbocycles. The molecule has 2 aromatic rings. The van der Waals surface area contributed by atoms with Crippen molar-refractivity contribution in [2.75, 3.05) is 0 Å². The Morgan fingerprint density at radius 2 is 1.36 bits per heavy atom. The van der Waals surface area contributed by atoms with Gasteiger partial charge in [0.2, 0.25) is 0 Å². The highest BCUT2D eigenvalue weighted by molar-refractivity contribution is 5.35. The second-order valence-electron chi connectivity index (χ2n) is 4.39. The average Bonchev–Trinajstić information content (AvgIpc) is 2.42. The molecule has 118 valence electrons. The van der Waals surface area contributed by atoms with E-state index in [9.17, 15) is 26.3 Å². The zero-order valence-corrected chi connectivity index (χ0v) is 10.8. The molecule has 0 radical (unpaired) electrons. The molecule has 2 nitrogen and oxygen atoms in total. The predicted octanol–water partition coefficient (Wildman–Crippen LogP) is 4.05. The van der Waals surface area contributed by atoms with E-state index in [1.54, 1.807) is 0 Å². The summed E-state index contributed by atoms with van der Waals surface area (Å²) in [5.74, 6) is -4.88. The van der Waals surface area contributed by atoms with Gasteiger partial charge in [0.25, 0.3) is 0 Å². The second kappa shape index (κ2) is 5.88. The molecule has 1 atom stereocenters. The van der Waals surface area contributed by atoms with Gasteiger partial charge >= 0.3 is 6.36 Å². The van der Waals surface area contributed by atoms with Gasteiger partial charge in [-0.25, -0.2) is 13.2 Å². The summed E-state index contributed by atoms with van der Waals surface area (Å²) in [5.41, 5.74) is 5.99. The maximum absolute atomic E-state index is 13.2. The van der Waals surface area contributed by atoms with Crippen LogP contribution in [0, 0.1) is 17.5 Å². The summed E-state index contributed by atoms with van der Waals surface area (Å²) < 4.78 is 78.9. The Labute approximate surface area is 121 Å². The third-order valence-corrected chi connectivity index (χ3v) is 2.84. The number of nitrogens with two attached hydrogens (primary N) is 1. The predicted molar refractivity (Wildman–Crippen MR) is 65.5 cm³/mol. The van der Waals surface area contributed by atoms with Gasteiger partial charge in [0, 0.05) is 0 Å². The minimum atomic E-state index is -4.83. The highest BCUT2D eigenvalue weighted by atomic mass is 19.4. The summed E-state index contributed by atoms with van der Waals surface area (Å²) >= 11 is 0. The van der Waals surface area contributed by atoms with Crippen LogP contribution in [0.2, 0.25) is 0 Å². The minimum absolute atomic E-state index is 0.0547. The summed E-state index contributed by atoms with van der Waals surface area (Å²) in [4.78, 5) is 0. The lowest BCUT2D eigenvalue weighted by Crippen LogP contribution is -2.17. The lowest BCUT2D eigenvalue weighted by Gasteiger charge is -2.14. The molecule has 0 aliphatic heterocycles. The van der Waals surface area contributed by atoms with Crippen LogP contribution in [-0.4, -0.2) is 6.36 Å². The number of hydrogen-bond acceptors (Lipinski definition) is 2. The Hall–Kier alpha value is -2.22. The molecule has 0 aliphatic rings. The molecule has 2 aromatic carbocycles. The molecule has 0 unspecified atom stereocenters. The molecule has 0 fully saturated rings. The van der Waals surface area contributed by atoms with Gasteiger partial charge in [0.15, 0.2) is 17.5 Å². The van der Waals surface area contributed by atoms with E-state index >= 15 is 0 Å². The fourth-order valence-corrected chi connectivity index (χ4v) is 1.82. The molecule has 0 spiro atoms.